The van der Waals surface area contributed by atoms with Crippen LogP contribution in [0.25, 0.3) is 0 Å². The second-order valence-electron chi connectivity index (χ2n) is 4.83. The van der Waals surface area contributed by atoms with E-state index >= 15 is 0 Å². The van der Waals surface area contributed by atoms with Crippen LogP contribution in [0.1, 0.15) is 27.6 Å². The number of nitro groups is 1. The molecule has 1 amide bonds. The number of amides is 1. The Morgan fingerprint density at radius 1 is 1.12 bits per heavy atom. The van der Waals surface area contributed by atoms with Crippen molar-refractivity contribution in [3.63, 3.8) is 0 Å². The van der Waals surface area contributed by atoms with Gasteiger partial charge in [-0.15, -0.1) is 0 Å². The van der Waals surface area contributed by atoms with Crippen LogP contribution in [-0.4, -0.2) is 23.4 Å². The molecule has 25 heavy (non-hydrogen) atoms. The van der Waals surface area contributed by atoms with Gasteiger partial charge in [0.1, 0.15) is 0 Å². The van der Waals surface area contributed by atoms with Gasteiger partial charge in [0.15, 0.2) is 0 Å². The molecule has 0 saturated heterocycles. The monoisotopic (exact) mass is 382 g/mol. The van der Waals surface area contributed by atoms with Gasteiger partial charge in [0.05, 0.1) is 27.1 Å². The minimum atomic E-state index is -0.755. The number of hydrogen-bond donors (Lipinski definition) is 1. The van der Waals surface area contributed by atoms with Crippen molar-refractivity contribution >= 4 is 46.5 Å². The fourth-order valence-electron chi connectivity index (χ4n) is 1.96. The second kappa shape index (κ2) is 7.96. The highest BCUT2D eigenvalue weighted by Gasteiger charge is 2.19. The summed E-state index contributed by atoms with van der Waals surface area (Å²) in [4.78, 5) is 34.5. The molecule has 130 valence electrons. The summed E-state index contributed by atoms with van der Waals surface area (Å²) in [5.41, 5.74) is -0.202. The molecule has 0 aromatic heterocycles. The van der Waals surface area contributed by atoms with Gasteiger partial charge < -0.3 is 10.1 Å². The highest BCUT2D eigenvalue weighted by atomic mass is 35.5. The average molecular weight is 383 g/mol. The number of carbonyl (C=O) groups excluding carboxylic acids is 2. The molecule has 0 radical (unpaired) electrons. The molecule has 9 heteroatoms. The van der Waals surface area contributed by atoms with Crippen LogP contribution in [-0.2, 0) is 4.74 Å². The zero-order valence-electron chi connectivity index (χ0n) is 12.9. The number of nitrogens with zero attached hydrogens (tertiary/aromatic N) is 1. The van der Waals surface area contributed by atoms with E-state index in [-0.39, 0.29) is 22.8 Å². The van der Waals surface area contributed by atoms with Crippen LogP contribution in [0.4, 0.5) is 11.4 Å². The van der Waals surface area contributed by atoms with Gasteiger partial charge in [0.2, 0.25) is 0 Å². The molecule has 2 rings (SSSR count). The van der Waals surface area contributed by atoms with Crippen molar-refractivity contribution in [1.82, 2.24) is 0 Å². The fourth-order valence-corrected chi connectivity index (χ4v) is 2.26. The number of non-ortho nitro benzene ring substituents is 1. The Balaban J connectivity index is 2.35. The van der Waals surface area contributed by atoms with E-state index in [0.29, 0.717) is 10.7 Å². The predicted molar refractivity (Wildman–Crippen MR) is 93.5 cm³/mol. The second-order valence-corrected chi connectivity index (χ2v) is 5.64. The molecule has 1 N–H and O–H groups in total. The molecule has 0 aliphatic carbocycles. The first-order chi connectivity index (χ1) is 11.8. The molecule has 0 unspecified atom stereocenters. The summed E-state index contributed by atoms with van der Waals surface area (Å²) in [6, 6.07) is 7.79. The molecule has 7 nitrogen and oxygen atoms in total. The highest BCUT2D eigenvalue weighted by molar-refractivity contribution is 6.42. The zero-order chi connectivity index (χ0) is 18.6. The third-order valence-electron chi connectivity index (χ3n) is 3.08. The smallest absolute Gasteiger partial charge is 0.338 e. The molecular formula is C16H12Cl2N2O5. The Morgan fingerprint density at radius 3 is 2.40 bits per heavy atom. The van der Waals surface area contributed by atoms with Gasteiger partial charge in [-0.2, -0.15) is 0 Å². The number of nitrogens with one attached hydrogen (secondary N) is 1. The maximum absolute atomic E-state index is 12.4. The van der Waals surface area contributed by atoms with E-state index in [2.05, 4.69) is 5.32 Å². The van der Waals surface area contributed by atoms with Crippen molar-refractivity contribution in [2.75, 3.05) is 11.9 Å². The topological polar surface area (TPSA) is 98.5 Å². The van der Waals surface area contributed by atoms with Crippen LogP contribution in [0.5, 0.6) is 0 Å². The van der Waals surface area contributed by atoms with E-state index in [9.17, 15) is 19.7 Å². The number of nitro benzene ring substituents is 1. The van der Waals surface area contributed by atoms with Crippen LogP contribution in [0, 0.1) is 10.1 Å². The van der Waals surface area contributed by atoms with E-state index in [1.807, 2.05) is 0 Å². The number of benzene rings is 2. The molecule has 0 aliphatic rings. The summed E-state index contributed by atoms with van der Waals surface area (Å²) in [7, 11) is 0. The van der Waals surface area contributed by atoms with Crippen molar-refractivity contribution in [3.05, 3.63) is 67.7 Å². The van der Waals surface area contributed by atoms with Crippen LogP contribution in [0.15, 0.2) is 36.4 Å². The van der Waals surface area contributed by atoms with Gasteiger partial charge in [-0.3, -0.25) is 14.9 Å². The van der Waals surface area contributed by atoms with E-state index in [0.717, 1.165) is 12.1 Å². The minimum absolute atomic E-state index is 0.0664. The number of halogens is 2. The van der Waals surface area contributed by atoms with Gasteiger partial charge in [-0.05, 0) is 31.2 Å². The minimum Gasteiger partial charge on any atom is -0.462 e. The van der Waals surface area contributed by atoms with E-state index in [1.54, 1.807) is 6.92 Å². The Morgan fingerprint density at radius 2 is 1.80 bits per heavy atom. The van der Waals surface area contributed by atoms with Crippen LogP contribution < -0.4 is 5.32 Å². The Hall–Kier alpha value is -2.64. The number of rotatable bonds is 5. The summed E-state index contributed by atoms with van der Waals surface area (Å²) >= 11 is 11.7. The molecule has 0 atom stereocenters. The molecular weight excluding hydrogens is 371 g/mol. The fraction of sp³-hybridized carbons (Fsp3) is 0.125. The first-order valence-corrected chi connectivity index (χ1v) is 7.80. The summed E-state index contributed by atoms with van der Waals surface area (Å²) < 4.78 is 4.82. The third kappa shape index (κ3) is 4.68. The van der Waals surface area contributed by atoms with Gasteiger partial charge in [0, 0.05) is 23.4 Å². The predicted octanol–water partition coefficient (Wildman–Crippen LogP) is 4.33. The summed E-state index contributed by atoms with van der Waals surface area (Å²) in [5, 5.41) is 14.1. The molecule has 0 spiro atoms. The number of hydrogen-bond acceptors (Lipinski definition) is 5. The van der Waals surface area contributed by atoms with E-state index < -0.39 is 22.5 Å². The molecule has 2 aromatic carbocycles. The maximum Gasteiger partial charge on any atom is 0.338 e. The molecule has 0 heterocycles. The summed E-state index contributed by atoms with van der Waals surface area (Å²) in [6.07, 6.45) is 0. The van der Waals surface area contributed by atoms with E-state index in [1.165, 1.54) is 24.3 Å². The lowest BCUT2D eigenvalue weighted by Crippen LogP contribution is -2.14. The van der Waals surface area contributed by atoms with Crippen molar-refractivity contribution < 1.29 is 19.2 Å². The largest absolute Gasteiger partial charge is 0.462 e. The van der Waals surface area contributed by atoms with Crippen LogP contribution in [0.2, 0.25) is 10.0 Å². The van der Waals surface area contributed by atoms with Gasteiger partial charge in [0.25, 0.3) is 11.6 Å². The van der Waals surface area contributed by atoms with Crippen molar-refractivity contribution in [3.8, 4) is 0 Å². The van der Waals surface area contributed by atoms with Crippen molar-refractivity contribution in [1.29, 1.82) is 0 Å². The number of anilines is 1. The lowest BCUT2D eigenvalue weighted by atomic mass is 10.1. The van der Waals surface area contributed by atoms with Crippen LogP contribution in [0.3, 0.4) is 0 Å². The van der Waals surface area contributed by atoms with E-state index in [4.69, 9.17) is 27.9 Å². The first kappa shape index (κ1) is 18.7. The molecule has 0 bridgehead atoms. The number of carbonyl (C=O) groups is 2. The lowest BCUT2D eigenvalue weighted by Gasteiger charge is -2.08. The van der Waals surface area contributed by atoms with Gasteiger partial charge in [-0.1, -0.05) is 23.2 Å². The Labute approximate surface area is 152 Å². The molecule has 2 aromatic rings. The SMILES string of the molecule is CCOC(=O)c1cc(C(=O)Nc2ccc(Cl)c(Cl)c2)cc([N+](=O)[O-])c1. The summed E-state index contributed by atoms with van der Waals surface area (Å²) in [5.74, 6) is -1.40. The lowest BCUT2D eigenvalue weighted by molar-refractivity contribution is -0.384. The first-order valence-electron chi connectivity index (χ1n) is 7.04. The average Bonchev–Trinajstić information content (AvgIpc) is 2.58. The Bertz CT molecular complexity index is 854. The Kier molecular flexibility index (Phi) is 5.95. The standard InChI is InChI=1S/C16H12Cl2N2O5/c1-2-25-16(22)10-5-9(6-12(7-10)20(23)24)15(21)19-11-3-4-13(17)14(18)8-11/h3-8H,2H2,1H3,(H,19,21). The highest BCUT2D eigenvalue weighted by Crippen LogP contribution is 2.26. The van der Waals surface area contributed by atoms with Crippen molar-refractivity contribution in [2.45, 2.75) is 6.92 Å². The third-order valence-corrected chi connectivity index (χ3v) is 3.82. The van der Waals surface area contributed by atoms with Gasteiger partial charge in [-0.25, -0.2) is 4.79 Å². The molecule has 0 saturated carbocycles. The maximum atomic E-state index is 12.4. The molecule has 0 fully saturated rings. The van der Waals surface area contributed by atoms with Gasteiger partial charge >= 0.3 is 5.97 Å². The molecule has 0 aliphatic heterocycles. The number of ether oxygens (including phenoxy) is 1. The van der Waals surface area contributed by atoms with Crippen molar-refractivity contribution in [2.24, 2.45) is 0 Å². The summed E-state index contributed by atoms with van der Waals surface area (Å²) in [6.45, 7) is 1.71. The quantitative estimate of drug-likeness (QED) is 0.471. The zero-order valence-corrected chi connectivity index (χ0v) is 14.4. The normalized spacial score (nSPS) is 10.2. The van der Waals surface area contributed by atoms with Crippen LogP contribution >= 0.6 is 23.2 Å². The number of esters is 1.